The topological polar surface area (TPSA) is 115 Å². The molecule has 162 valence electrons. The standard InChI is InChI=1S/C20H24N2O7S/c1-14(20(24)22-9-11-30(25,26)12-10-22)21-19(23)18-8-7-15(29-18)13-28-17-6-4-3-5-16(17)27-2/h3-8,14H,9-13H2,1-2H3,(H,21,23). The number of rotatable bonds is 7. The van der Waals surface area contributed by atoms with Gasteiger partial charge in [-0.25, -0.2) is 8.42 Å². The summed E-state index contributed by atoms with van der Waals surface area (Å²) in [6.45, 7) is 1.92. The van der Waals surface area contributed by atoms with Gasteiger partial charge in [0.15, 0.2) is 27.1 Å². The van der Waals surface area contributed by atoms with Crippen molar-refractivity contribution < 1.29 is 31.9 Å². The van der Waals surface area contributed by atoms with E-state index in [9.17, 15) is 18.0 Å². The second kappa shape index (κ2) is 9.21. The number of methoxy groups -OCH3 is 1. The molecule has 1 aliphatic heterocycles. The zero-order valence-electron chi connectivity index (χ0n) is 16.8. The van der Waals surface area contributed by atoms with E-state index in [1.54, 1.807) is 32.2 Å². The summed E-state index contributed by atoms with van der Waals surface area (Å²) in [7, 11) is -1.54. The number of furan rings is 1. The van der Waals surface area contributed by atoms with Crippen LogP contribution in [0.2, 0.25) is 0 Å². The summed E-state index contributed by atoms with van der Waals surface area (Å²) in [5, 5.41) is 2.59. The van der Waals surface area contributed by atoms with Crippen LogP contribution in [0.3, 0.4) is 0 Å². The van der Waals surface area contributed by atoms with Crippen molar-refractivity contribution >= 4 is 21.7 Å². The number of carbonyl (C=O) groups excluding carboxylic acids is 2. The number of ether oxygens (including phenoxy) is 2. The minimum Gasteiger partial charge on any atom is -0.493 e. The van der Waals surface area contributed by atoms with Crippen LogP contribution in [0.1, 0.15) is 23.2 Å². The normalized spacial score (nSPS) is 16.5. The first-order chi connectivity index (χ1) is 14.3. The van der Waals surface area contributed by atoms with Crippen LogP contribution in [-0.4, -0.2) is 62.9 Å². The predicted molar refractivity (Wildman–Crippen MR) is 108 cm³/mol. The van der Waals surface area contributed by atoms with Gasteiger partial charge in [-0.2, -0.15) is 0 Å². The molecule has 30 heavy (non-hydrogen) atoms. The number of hydrogen-bond acceptors (Lipinski definition) is 7. The van der Waals surface area contributed by atoms with Crippen LogP contribution in [0, 0.1) is 0 Å². The lowest BCUT2D eigenvalue weighted by Gasteiger charge is -2.29. The van der Waals surface area contributed by atoms with E-state index < -0.39 is 21.8 Å². The van der Waals surface area contributed by atoms with Gasteiger partial charge in [-0.05, 0) is 31.2 Å². The Kier molecular flexibility index (Phi) is 6.66. The summed E-state index contributed by atoms with van der Waals surface area (Å²) in [6, 6.07) is 9.48. The molecule has 0 aliphatic carbocycles. The van der Waals surface area contributed by atoms with E-state index in [1.165, 1.54) is 11.0 Å². The molecule has 1 unspecified atom stereocenters. The maximum absolute atomic E-state index is 12.5. The van der Waals surface area contributed by atoms with Crippen molar-refractivity contribution in [3.8, 4) is 11.5 Å². The highest BCUT2D eigenvalue weighted by Gasteiger charge is 2.29. The molecule has 1 fully saturated rings. The first kappa shape index (κ1) is 21.7. The van der Waals surface area contributed by atoms with Gasteiger partial charge in [-0.15, -0.1) is 0 Å². The third kappa shape index (κ3) is 5.32. The molecule has 0 spiro atoms. The summed E-state index contributed by atoms with van der Waals surface area (Å²) in [4.78, 5) is 26.3. The van der Waals surface area contributed by atoms with Gasteiger partial charge in [0.2, 0.25) is 5.91 Å². The van der Waals surface area contributed by atoms with Gasteiger partial charge in [0.1, 0.15) is 18.4 Å². The fraction of sp³-hybridized carbons (Fsp3) is 0.400. The molecule has 10 heteroatoms. The Hall–Kier alpha value is -3.01. The van der Waals surface area contributed by atoms with Crippen molar-refractivity contribution in [1.29, 1.82) is 0 Å². The average Bonchev–Trinajstić information content (AvgIpc) is 3.21. The van der Waals surface area contributed by atoms with Crippen LogP contribution < -0.4 is 14.8 Å². The zero-order valence-corrected chi connectivity index (χ0v) is 17.6. The van der Waals surface area contributed by atoms with E-state index in [1.807, 2.05) is 12.1 Å². The average molecular weight is 436 g/mol. The molecule has 1 N–H and O–H groups in total. The monoisotopic (exact) mass is 436 g/mol. The third-order valence-corrected chi connectivity index (χ3v) is 6.31. The Morgan fingerprint density at radius 2 is 1.80 bits per heavy atom. The van der Waals surface area contributed by atoms with Gasteiger partial charge in [0.05, 0.1) is 18.6 Å². The molecule has 2 amide bonds. The number of hydrogen-bond donors (Lipinski definition) is 1. The van der Waals surface area contributed by atoms with E-state index >= 15 is 0 Å². The van der Waals surface area contributed by atoms with Crippen LogP contribution in [-0.2, 0) is 21.2 Å². The Balaban J connectivity index is 1.53. The maximum Gasteiger partial charge on any atom is 0.287 e. The fourth-order valence-electron chi connectivity index (χ4n) is 3.00. The number of benzene rings is 1. The molecule has 0 radical (unpaired) electrons. The highest BCUT2D eigenvalue weighted by Crippen LogP contribution is 2.26. The summed E-state index contributed by atoms with van der Waals surface area (Å²) < 4.78 is 39.4. The first-order valence-corrected chi connectivity index (χ1v) is 11.3. The molecule has 2 aromatic rings. The molecule has 1 atom stereocenters. The second-order valence-electron chi connectivity index (χ2n) is 6.88. The number of nitrogens with one attached hydrogen (secondary N) is 1. The smallest absolute Gasteiger partial charge is 0.287 e. The second-order valence-corrected chi connectivity index (χ2v) is 9.18. The molecule has 1 aromatic carbocycles. The summed E-state index contributed by atoms with van der Waals surface area (Å²) in [6.07, 6.45) is 0. The van der Waals surface area contributed by atoms with Gasteiger partial charge in [0, 0.05) is 13.1 Å². The highest BCUT2D eigenvalue weighted by atomic mass is 32.2. The van der Waals surface area contributed by atoms with Crippen molar-refractivity contribution in [2.75, 3.05) is 31.7 Å². The Bertz CT molecular complexity index is 1000. The molecule has 0 saturated carbocycles. The van der Waals surface area contributed by atoms with E-state index in [-0.39, 0.29) is 42.9 Å². The van der Waals surface area contributed by atoms with Crippen molar-refractivity contribution in [2.24, 2.45) is 0 Å². The predicted octanol–water partition coefficient (Wildman–Crippen LogP) is 1.24. The lowest BCUT2D eigenvalue weighted by Crippen LogP contribution is -2.51. The van der Waals surface area contributed by atoms with Gasteiger partial charge in [-0.1, -0.05) is 12.1 Å². The molecular weight excluding hydrogens is 412 g/mol. The summed E-state index contributed by atoms with van der Waals surface area (Å²) in [5.74, 6) is 0.625. The van der Waals surface area contributed by atoms with E-state index in [0.717, 1.165) is 0 Å². The summed E-state index contributed by atoms with van der Waals surface area (Å²) in [5.41, 5.74) is 0. The Morgan fingerprint density at radius 1 is 1.13 bits per heavy atom. The number of sulfone groups is 1. The molecule has 1 saturated heterocycles. The van der Waals surface area contributed by atoms with E-state index in [0.29, 0.717) is 17.3 Å². The highest BCUT2D eigenvalue weighted by molar-refractivity contribution is 7.91. The zero-order chi connectivity index (χ0) is 21.7. The van der Waals surface area contributed by atoms with Crippen molar-refractivity contribution in [2.45, 2.75) is 19.6 Å². The molecule has 2 heterocycles. The quantitative estimate of drug-likeness (QED) is 0.694. The van der Waals surface area contributed by atoms with Crippen LogP contribution >= 0.6 is 0 Å². The number of carbonyl (C=O) groups is 2. The van der Waals surface area contributed by atoms with Gasteiger partial charge in [-0.3, -0.25) is 9.59 Å². The lowest BCUT2D eigenvalue weighted by atomic mass is 10.2. The van der Waals surface area contributed by atoms with E-state index in [2.05, 4.69) is 5.32 Å². The molecule has 0 bridgehead atoms. The maximum atomic E-state index is 12.5. The lowest BCUT2D eigenvalue weighted by molar-refractivity contribution is -0.132. The third-order valence-electron chi connectivity index (χ3n) is 4.70. The summed E-state index contributed by atoms with van der Waals surface area (Å²) >= 11 is 0. The number of para-hydroxylation sites is 2. The van der Waals surface area contributed by atoms with Crippen molar-refractivity contribution in [3.05, 3.63) is 47.9 Å². The van der Waals surface area contributed by atoms with Gasteiger partial charge >= 0.3 is 0 Å². The van der Waals surface area contributed by atoms with Crippen molar-refractivity contribution in [3.63, 3.8) is 0 Å². The largest absolute Gasteiger partial charge is 0.493 e. The number of nitrogens with zero attached hydrogens (tertiary/aromatic N) is 1. The number of amides is 2. The van der Waals surface area contributed by atoms with E-state index in [4.69, 9.17) is 13.9 Å². The van der Waals surface area contributed by atoms with Crippen LogP contribution in [0.15, 0.2) is 40.8 Å². The van der Waals surface area contributed by atoms with Gasteiger partial charge in [0.25, 0.3) is 5.91 Å². The minimum absolute atomic E-state index is 0.0505. The van der Waals surface area contributed by atoms with Crippen LogP contribution in [0.25, 0.3) is 0 Å². The molecule has 9 nitrogen and oxygen atoms in total. The Morgan fingerprint density at radius 3 is 2.47 bits per heavy atom. The molecular formula is C20H24N2O7S. The fourth-order valence-corrected chi connectivity index (χ4v) is 4.20. The Labute approximate surface area is 174 Å². The first-order valence-electron chi connectivity index (χ1n) is 9.43. The molecule has 1 aromatic heterocycles. The van der Waals surface area contributed by atoms with Crippen LogP contribution in [0.5, 0.6) is 11.5 Å². The molecule has 3 rings (SSSR count). The van der Waals surface area contributed by atoms with Crippen molar-refractivity contribution in [1.82, 2.24) is 10.2 Å². The minimum atomic E-state index is -3.08. The van der Waals surface area contributed by atoms with Crippen LogP contribution in [0.4, 0.5) is 0 Å². The SMILES string of the molecule is COc1ccccc1OCc1ccc(C(=O)NC(C)C(=O)N2CCS(=O)(=O)CC2)o1. The van der Waals surface area contributed by atoms with Gasteiger partial charge < -0.3 is 24.1 Å². The molecule has 1 aliphatic rings.